The molecule has 0 aromatic heterocycles. The maximum Gasteiger partial charge on any atom is 0.335 e. The molecule has 5 nitrogen and oxygen atoms in total. The van der Waals surface area contributed by atoms with E-state index in [1.165, 1.54) is 19.2 Å². The summed E-state index contributed by atoms with van der Waals surface area (Å²) >= 11 is 0. The van der Waals surface area contributed by atoms with Crippen LogP contribution in [0.2, 0.25) is 0 Å². The van der Waals surface area contributed by atoms with Crippen molar-refractivity contribution in [2.24, 2.45) is 0 Å². The molecule has 0 aliphatic carbocycles. The SMILES string of the molecule is C1CNCCN1.COc1cccc(C(=O)O)c1. The number of ether oxygens (including phenoxy) is 1. The maximum absolute atomic E-state index is 10.4. The Morgan fingerprint density at radius 2 is 1.82 bits per heavy atom. The average Bonchev–Trinajstić information content (AvgIpc) is 2.41. The first-order valence-corrected chi connectivity index (χ1v) is 5.53. The predicted octanol–water partition coefficient (Wildman–Crippen LogP) is 0.573. The quantitative estimate of drug-likeness (QED) is 0.703. The molecule has 1 aromatic carbocycles. The average molecular weight is 238 g/mol. The van der Waals surface area contributed by atoms with Gasteiger partial charge in [-0.2, -0.15) is 0 Å². The molecular weight excluding hydrogens is 220 g/mol. The Bertz CT molecular complexity index is 340. The third kappa shape index (κ3) is 5.33. The number of carboxylic acid groups (broad SMARTS) is 1. The first kappa shape index (κ1) is 13.5. The van der Waals surface area contributed by atoms with Gasteiger partial charge in [-0.25, -0.2) is 4.79 Å². The van der Waals surface area contributed by atoms with Crippen LogP contribution in [0.3, 0.4) is 0 Å². The van der Waals surface area contributed by atoms with Gasteiger partial charge in [0, 0.05) is 26.2 Å². The zero-order valence-electron chi connectivity index (χ0n) is 9.90. The molecule has 94 valence electrons. The summed E-state index contributed by atoms with van der Waals surface area (Å²) in [6.07, 6.45) is 0. The van der Waals surface area contributed by atoms with Crippen molar-refractivity contribution in [3.8, 4) is 5.75 Å². The number of piperazine rings is 1. The molecule has 0 saturated carbocycles. The van der Waals surface area contributed by atoms with Crippen molar-refractivity contribution in [2.45, 2.75) is 0 Å². The molecule has 1 aromatic rings. The van der Waals surface area contributed by atoms with Crippen LogP contribution in [-0.2, 0) is 0 Å². The zero-order chi connectivity index (χ0) is 12.5. The van der Waals surface area contributed by atoms with Crippen molar-refractivity contribution in [3.63, 3.8) is 0 Å². The molecule has 17 heavy (non-hydrogen) atoms. The summed E-state index contributed by atoms with van der Waals surface area (Å²) < 4.78 is 4.84. The van der Waals surface area contributed by atoms with E-state index in [4.69, 9.17) is 9.84 Å². The highest BCUT2D eigenvalue weighted by Crippen LogP contribution is 2.11. The minimum atomic E-state index is -0.941. The first-order valence-electron chi connectivity index (χ1n) is 5.53. The highest BCUT2D eigenvalue weighted by atomic mass is 16.5. The second-order valence-electron chi connectivity index (χ2n) is 3.54. The highest BCUT2D eigenvalue weighted by Gasteiger charge is 2.01. The Hall–Kier alpha value is -1.59. The molecular formula is C12H18N2O3. The fourth-order valence-corrected chi connectivity index (χ4v) is 1.36. The van der Waals surface area contributed by atoms with Crippen molar-refractivity contribution < 1.29 is 14.6 Å². The van der Waals surface area contributed by atoms with Crippen LogP contribution in [0, 0.1) is 0 Å². The van der Waals surface area contributed by atoms with Crippen molar-refractivity contribution in [2.75, 3.05) is 33.3 Å². The third-order valence-electron chi connectivity index (χ3n) is 2.27. The van der Waals surface area contributed by atoms with Gasteiger partial charge >= 0.3 is 5.97 Å². The summed E-state index contributed by atoms with van der Waals surface area (Å²) in [6.45, 7) is 4.56. The molecule has 1 aliphatic heterocycles. The van der Waals surface area contributed by atoms with E-state index in [0.717, 1.165) is 26.2 Å². The molecule has 2 rings (SSSR count). The van der Waals surface area contributed by atoms with Crippen molar-refractivity contribution in [3.05, 3.63) is 29.8 Å². The van der Waals surface area contributed by atoms with Crippen LogP contribution in [0.4, 0.5) is 0 Å². The van der Waals surface area contributed by atoms with Crippen molar-refractivity contribution in [1.82, 2.24) is 10.6 Å². The molecule has 1 fully saturated rings. The Labute approximate surface area is 101 Å². The van der Waals surface area contributed by atoms with Gasteiger partial charge in [0.15, 0.2) is 0 Å². The Morgan fingerprint density at radius 3 is 2.24 bits per heavy atom. The number of carboxylic acids is 1. The highest BCUT2D eigenvalue weighted by molar-refractivity contribution is 5.87. The van der Waals surface area contributed by atoms with E-state index in [1.807, 2.05) is 0 Å². The summed E-state index contributed by atoms with van der Waals surface area (Å²) in [7, 11) is 1.50. The predicted molar refractivity (Wildman–Crippen MR) is 65.7 cm³/mol. The second-order valence-corrected chi connectivity index (χ2v) is 3.54. The van der Waals surface area contributed by atoms with Crippen LogP contribution < -0.4 is 15.4 Å². The number of hydrogen-bond acceptors (Lipinski definition) is 4. The van der Waals surface area contributed by atoms with Crippen LogP contribution in [0.1, 0.15) is 10.4 Å². The van der Waals surface area contributed by atoms with Gasteiger partial charge in [0.1, 0.15) is 5.75 Å². The van der Waals surface area contributed by atoms with Gasteiger partial charge in [-0.1, -0.05) is 6.07 Å². The smallest absolute Gasteiger partial charge is 0.335 e. The third-order valence-corrected chi connectivity index (χ3v) is 2.27. The molecule has 1 heterocycles. The van der Waals surface area contributed by atoms with E-state index in [1.54, 1.807) is 12.1 Å². The van der Waals surface area contributed by atoms with Crippen molar-refractivity contribution in [1.29, 1.82) is 0 Å². The standard InChI is InChI=1S/C8H8O3.C4H10N2/c1-11-7-4-2-3-6(5-7)8(9)10;1-2-6-4-3-5-1/h2-5H,1H3,(H,9,10);5-6H,1-4H2. The topological polar surface area (TPSA) is 70.6 Å². The largest absolute Gasteiger partial charge is 0.497 e. The van der Waals surface area contributed by atoms with Crippen LogP contribution in [0.25, 0.3) is 0 Å². The van der Waals surface area contributed by atoms with E-state index in [2.05, 4.69) is 10.6 Å². The lowest BCUT2D eigenvalue weighted by molar-refractivity contribution is 0.0696. The molecule has 1 aliphatic rings. The van der Waals surface area contributed by atoms with E-state index in [0.29, 0.717) is 5.75 Å². The molecule has 0 amide bonds. The number of nitrogens with one attached hydrogen (secondary N) is 2. The van der Waals surface area contributed by atoms with Gasteiger partial charge in [0.05, 0.1) is 12.7 Å². The Morgan fingerprint density at radius 1 is 1.24 bits per heavy atom. The number of aromatic carboxylic acids is 1. The van der Waals surface area contributed by atoms with Gasteiger partial charge in [0.25, 0.3) is 0 Å². The van der Waals surface area contributed by atoms with E-state index in [-0.39, 0.29) is 5.56 Å². The molecule has 1 saturated heterocycles. The number of benzene rings is 1. The minimum Gasteiger partial charge on any atom is -0.497 e. The number of rotatable bonds is 2. The first-order chi connectivity index (χ1) is 8.24. The van der Waals surface area contributed by atoms with Gasteiger partial charge in [-0.3, -0.25) is 0 Å². The Balaban J connectivity index is 0.000000202. The summed E-state index contributed by atoms with van der Waals surface area (Å²) in [5.74, 6) is -0.381. The minimum absolute atomic E-state index is 0.240. The normalized spacial score (nSPS) is 14.4. The van der Waals surface area contributed by atoms with Crippen LogP contribution in [0.5, 0.6) is 5.75 Å². The molecule has 3 N–H and O–H groups in total. The fourth-order valence-electron chi connectivity index (χ4n) is 1.36. The maximum atomic E-state index is 10.4. The number of carbonyl (C=O) groups is 1. The molecule has 0 radical (unpaired) electrons. The van der Waals surface area contributed by atoms with E-state index < -0.39 is 5.97 Å². The van der Waals surface area contributed by atoms with Crippen molar-refractivity contribution >= 4 is 5.97 Å². The lowest BCUT2D eigenvalue weighted by atomic mass is 10.2. The van der Waals surface area contributed by atoms with Gasteiger partial charge in [-0.15, -0.1) is 0 Å². The summed E-state index contributed by atoms with van der Waals surface area (Å²) in [4.78, 5) is 10.4. The molecule has 0 unspecified atom stereocenters. The van der Waals surface area contributed by atoms with Crippen LogP contribution >= 0.6 is 0 Å². The second kappa shape index (κ2) is 7.65. The zero-order valence-corrected chi connectivity index (χ0v) is 9.90. The number of methoxy groups -OCH3 is 1. The molecule has 0 atom stereocenters. The molecule has 5 heteroatoms. The summed E-state index contributed by atoms with van der Waals surface area (Å²) in [6, 6.07) is 6.34. The summed E-state index contributed by atoms with van der Waals surface area (Å²) in [5.41, 5.74) is 0.240. The molecule has 0 bridgehead atoms. The van der Waals surface area contributed by atoms with Crippen LogP contribution in [0.15, 0.2) is 24.3 Å². The lowest BCUT2D eigenvalue weighted by Gasteiger charge is -2.11. The molecule has 0 spiro atoms. The van der Waals surface area contributed by atoms with Gasteiger partial charge in [-0.05, 0) is 18.2 Å². The van der Waals surface area contributed by atoms with E-state index >= 15 is 0 Å². The van der Waals surface area contributed by atoms with E-state index in [9.17, 15) is 4.79 Å². The fraction of sp³-hybridized carbons (Fsp3) is 0.417. The Kier molecular flexibility index (Phi) is 6.06. The van der Waals surface area contributed by atoms with Gasteiger partial charge < -0.3 is 20.5 Å². The van der Waals surface area contributed by atoms with Gasteiger partial charge in [0.2, 0.25) is 0 Å². The van der Waals surface area contributed by atoms with Crippen LogP contribution in [-0.4, -0.2) is 44.4 Å². The number of hydrogen-bond donors (Lipinski definition) is 3. The lowest BCUT2D eigenvalue weighted by Crippen LogP contribution is -2.39. The monoisotopic (exact) mass is 238 g/mol. The summed E-state index contributed by atoms with van der Waals surface area (Å²) in [5, 5.41) is 15.0.